The summed E-state index contributed by atoms with van der Waals surface area (Å²) in [7, 11) is 0. The molecular formula is C18H28N4O. The Kier molecular flexibility index (Phi) is 4.67. The maximum Gasteiger partial charge on any atom is 0.226 e. The van der Waals surface area contributed by atoms with Crippen LogP contribution in [0, 0.1) is 5.92 Å². The Balaban J connectivity index is 1.87. The molecule has 5 nitrogen and oxygen atoms in total. The molecule has 0 aromatic carbocycles. The van der Waals surface area contributed by atoms with Gasteiger partial charge in [0.05, 0.1) is 6.10 Å². The van der Waals surface area contributed by atoms with E-state index in [4.69, 9.17) is 0 Å². The van der Waals surface area contributed by atoms with Gasteiger partial charge in [-0.25, -0.2) is 4.98 Å². The van der Waals surface area contributed by atoms with Crippen LogP contribution in [0.2, 0.25) is 0 Å². The van der Waals surface area contributed by atoms with Crippen LogP contribution < -0.4 is 5.32 Å². The number of aliphatic hydroxyl groups is 1. The van der Waals surface area contributed by atoms with Gasteiger partial charge in [0.2, 0.25) is 5.95 Å². The second-order valence-electron chi connectivity index (χ2n) is 7.67. The highest BCUT2D eigenvalue weighted by Gasteiger charge is 2.38. The van der Waals surface area contributed by atoms with E-state index in [0.29, 0.717) is 11.9 Å². The van der Waals surface area contributed by atoms with E-state index in [9.17, 15) is 5.11 Å². The zero-order valence-electron chi connectivity index (χ0n) is 14.5. The molecule has 1 heterocycles. The SMILES string of the molecule is CC(C)CCc1nc(NC2(C)CC2)nc(C2=CC(O)CCC2)n1. The summed E-state index contributed by atoms with van der Waals surface area (Å²) >= 11 is 0. The quantitative estimate of drug-likeness (QED) is 0.842. The Labute approximate surface area is 138 Å². The van der Waals surface area contributed by atoms with Crippen LogP contribution >= 0.6 is 0 Å². The minimum absolute atomic E-state index is 0.147. The normalized spacial score (nSPS) is 22.8. The summed E-state index contributed by atoms with van der Waals surface area (Å²) in [4.78, 5) is 13.9. The van der Waals surface area contributed by atoms with Gasteiger partial charge in [-0.2, -0.15) is 9.97 Å². The van der Waals surface area contributed by atoms with E-state index in [2.05, 4.69) is 41.0 Å². The molecule has 0 spiro atoms. The molecule has 2 aliphatic carbocycles. The molecule has 1 saturated carbocycles. The fourth-order valence-electron chi connectivity index (χ4n) is 2.82. The molecule has 0 aliphatic heterocycles. The standard InChI is InChI=1S/C18H28N4O/c1-12(2)7-8-15-19-16(13-5-4-6-14(23)11-13)21-17(20-15)22-18(3)9-10-18/h11-12,14,23H,4-10H2,1-3H3,(H,19,20,21,22). The third-order valence-electron chi connectivity index (χ3n) is 4.67. The van der Waals surface area contributed by atoms with Crippen LogP contribution in [0.5, 0.6) is 0 Å². The molecule has 2 aliphatic rings. The van der Waals surface area contributed by atoms with Crippen molar-refractivity contribution in [1.82, 2.24) is 15.0 Å². The summed E-state index contributed by atoms with van der Waals surface area (Å²) in [6.45, 7) is 6.63. The van der Waals surface area contributed by atoms with Crippen LogP contribution in [0.1, 0.15) is 70.9 Å². The van der Waals surface area contributed by atoms with Crippen molar-refractivity contribution in [3.8, 4) is 0 Å². The van der Waals surface area contributed by atoms with E-state index in [1.807, 2.05) is 6.08 Å². The van der Waals surface area contributed by atoms with Gasteiger partial charge in [0.15, 0.2) is 5.82 Å². The number of nitrogens with zero attached hydrogens (tertiary/aromatic N) is 3. The monoisotopic (exact) mass is 316 g/mol. The molecule has 1 aromatic rings. The van der Waals surface area contributed by atoms with Gasteiger partial charge in [0, 0.05) is 12.0 Å². The molecule has 3 rings (SSSR count). The first-order valence-corrected chi connectivity index (χ1v) is 8.86. The largest absolute Gasteiger partial charge is 0.389 e. The maximum atomic E-state index is 9.89. The van der Waals surface area contributed by atoms with Crippen molar-refractivity contribution in [2.75, 3.05) is 5.32 Å². The van der Waals surface area contributed by atoms with Crippen LogP contribution in [-0.2, 0) is 6.42 Å². The lowest BCUT2D eigenvalue weighted by atomic mass is 9.97. The van der Waals surface area contributed by atoms with Gasteiger partial charge >= 0.3 is 0 Å². The summed E-state index contributed by atoms with van der Waals surface area (Å²) in [6, 6.07) is 0. The van der Waals surface area contributed by atoms with Crippen LogP contribution in [-0.4, -0.2) is 31.7 Å². The van der Waals surface area contributed by atoms with Crippen molar-refractivity contribution in [2.24, 2.45) is 5.92 Å². The molecular weight excluding hydrogens is 288 g/mol. The fraction of sp³-hybridized carbons (Fsp3) is 0.722. The average Bonchev–Trinajstić information content (AvgIpc) is 3.22. The van der Waals surface area contributed by atoms with E-state index in [1.165, 1.54) is 0 Å². The van der Waals surface area contributed by atoms with Gasteiger partial charge in [0.25, 0.3) is 0 Å². The van der Waals surface area contributed by atoms with E-state index in [1.54, 1.807) is 0 Å². The van der Waals surface area contributed by atoms with Crippen LogP contribution in [0.4, 0.5) is 5.95 Å². The van der Waals surface area contributed by atoms with E-state index in [-0.39, 0.29) is 11.6 Å². The van der Waals surface area contributed by atoms with E-state index >= 15 is 0 Å². The van der Waals surface area contributed by atoms with Crippen molar-refractivity contribution in [3.05, 3.63) is 17.7 Å². The Morgan fingerprint density at radius 1 is 1.30 bits per heavy atom. The molecule has 0 bridgehead atoms. The molecule has 1 atom stereocenters. The third kappa shape index (κ3) is 4.50. The highest BCUT2D eigenvalue weighted by Crippen LogP contribution is 2.37. The second-order valence-corrected chi connectivity index (χ2v) is 7.67. The molecule has 2 N–H and O–H groups in total. The van der Waals surface area contributed by atoms with Gasteiger partial charge in [-0.15, -0.1) is 0 Å². The highest BCUT2D eigenvalue weighted by molar-refractivity contribution is 5.62. The van der Waals surface area contributed by atoms with Crippen molar-refractivity contribution < 1.29 is 5.11 Å². The molecule has 0 saturated heterocycles. The number of nitrogens with one attached hydrogen (secondary N) is 1. The molecule has 0 radical (unpaired) electrons. The Hall–Kier alpha value is -1.49. The van der Waals surface area contributed by atoms with Crippen molar-refractivity contribution in [2.45, 2.75) is 77.4 Å². The lowest BCUT2D eigenvalue weighted by Gasteiger charge is -2.18. The lowest BCUT2D eigenvalue weighted by molar-refractivity contribution is 0.206. The molecule has 1 unspecified atom stereocenters. The smallest absolute Gasteiger partial charge is 0.226 e. The van der Waals surface area contributed by atoms with Gasteiger partial charge < -0.3 is 10.4 Å². The number of hydrogen-bond acceptors (Lipinski definition) is 5. The molecule has 0 amide bonds. The summed E-state index contributed by atoms with van der Waals surface area (Å²) in [6.07, 6.45) is 8.56. The van der Waals surface area contributed by atoms with Gasteiger partial charge in [0.1, 0.15) is 5.82 Å². The fourth-order valence-corrected chi connectivity index (χ4v) is 2.82. The van der Waals surface area contributed by atoms with Crippen molar-refractivity contribution >= 4 is 11.5 Å². The number of hydrogen-bond donors (Lipinski definition) is 2. The van der Waals surface area contributed by atoms with Gasteiger partial charge in [-0.1, -0.05) is 13.8 Å². The molecule has 5 heteroatoms. The first-order valence-electron chi connectivity index (χ1n) is 8.86. The molecule has 126 valence electrons. The number of anilines is 1. The summed E-state index contributed by atoms with van der Waals surface area (Å²) in [5, 5.41) is 13.3. The number of allylic oxidation sites excluding steroid dienone is 1. The van der Waals surface area contributed by atoms with Crippen molar-refractivity contribution in [1.29, 1.82) is 0 Å². The lowest BCUT2D eigenvalue weighted by Crippen LogP contribution is -2.20. The van der Waals surface area contributed by atoms with Crippen LogP contribution in [0.25, 0.3) is 5.57 Å². The Morgan fingerprint density at radius 3 is 2.74 bits per heavy atom. The number of rotatable bonds is 6. The maximum absolute atomic E-state index is 9.89. The molecule has 23 heavy (non-hydrogen) atoms. The van der Waals surface area contributed by atoms with Crippen LogP contribution in [0.15, 0.2) is 6.08 Å². The van der Waals surface area contributed by atoms with E-state index < -0.39 is 0 Å². The predicted octanol–water partition coefficient (Wildman–Crippen LogP) is 3.35. The number of aryl methyl sites for hydroxylation is 1. The zero-order chi connectivity index (χ0) is 16.4. The zero-order valence-corrected chi connectivity index (χ0v) is 14.5. The van der Waals surface area contributed by atoms with E-state index in [0.717, 1.165) is 62.2 Å². The first-order chi connectivity index (χ1) is 10.9. The average molecular weight is 316 g/mol. The topological polar surface area (TPSA) is 70.9 Å². The Bertz CT molecular complexity index is 593. The Morgan fingerprint density at radius 2 is 2.09 bits per heavy atom. The predicted molar refractivity (Wildman–Crippen MR) is 92.1 cm³/mol. The van der Waals surface area contributed by atoms with Crippen molar-refractivity contribution in [3.63, 3.8) is 0 Å². The van der Waals surface area contributed by atoms with Crippen LogP contribution in [0.3, 0.4) is 0 Å². The summed E-state index contributed by atoms with van der Waals surface area (Å²) in [5.41, 5.74) is 1.20. The number of aromatic nitrogens is 3. The third-order valence-corrected chi connectivity index (χ3v) is 4.67. The number of aliphatic hydroxyl groups excluding tert-OH is 1. The summed E-state index contributed by atoms with van der Waals surface area (Å²) in [5.74, 6) is 2.92. The van der Waals surface area contributed by atoms with Gasteiger partial charge in [-0.05, 0) is 63.0 Å². The van der Waals surface area contributed by atoms with Gasteiger partial charge in [-0.3, -0.25) is 0 Å². The summed E-state index contributed by atoms with van der Waals surface area (Å²) < 4.78 is 0. The minimum atomic E-state index is -0.369. The molecule has 1 fully saturated rings. The molecule has 1 aromatic heterocycles. The minimum Gasteiger partial charge on any atom is -0.389 e. The second kappa shape index (κ2) is 6.56. The first kappa shape index (κ1) is 16.4. The highest BCUT2D eigenvalue weighted by atomic mass is 16.3.